The highest BCUT2D eigenvalue weighted by atomic mass is 16.1. The smallest absolute Gasteiger partial charge is 0.193 e. The average Bonchev–Trinajstić information content (AvgIpc) is 2.76. The van der Waals surface area contributed by atoms with Gasteiger partial charge < -0.3 is 10.9 Å². The van der Waals surface area contributed by atoms with Crippen LogP contribution in [0.25, 0.3) is 10.9 Å². The molecule has 0 aliphatic rings. The van der Waals surface area contributed by atoms with Crippen molar-refractivity contribution in [1.29, 1.82) is 0 Å². The zero-order valence-corrected chi connectivity index (χ0v) is 15.1. The number of carbonyl (C=O) groups is 1. The van der Waals surface area contributed by atoms with E-state index in [1.165, 1.54) is 0 Å². The fourth-order valence-corrected chi connectivity index (χ4v) is 2.70. The second kappa shape index (κ2) is 8.14. The van der Waals surface area contributed by atoms with Gasteiger partial charge in [-0.15, -0.1) is 0 Å². The van der Waals surface area contributed by atoms with Crippen molar-refractivity contribution in [2.75, 3.05) is 0 Å². The van der Waals surface area contributed by atoms with Crippen LogP contribution in [0.1, 0.15) is 15.9 Å². The molecule has 0 N–H and O–H groups in total. The molecule has 4 aromatic rings. The third-order valence-electron chi connectivity index (χ3n) is 4.12. The molecule has 0 bridgehead atoms. The molecule has 0 saturated heterocycles. The van der Waals surface area contributed by atoms with E-state index in [1.807, 2.05) is 85.5 Å². The highest BCUT2D eigenvalue weighted by Gasteiger charge is 2.07. The molecule has 0 radical (unpaired) electrons. The summed E-state index contributed by atoms with van der Waals surface area (Å²) in [5.41, 5.74) is 11.7. The number of pyridine rings is 2. The van der Waals surface area contributed by atoms with Crippen LogP contribution in [0.5, 0.6) is 0 Å². The third kappa shape index (κ3) is 4.22. The first-order chi connectivity index (χ1) is 13.8. The normalized spacial score (nSPS) is 10.3. The van der Waals surface area contributed by atoms with E-state index in [1.54, 1.807) is 33.6 Å². The van der Waals surface area contributed by atoms with E-state index in [0.717, 1.165) is 11.4 Å². The first-order valence-electron chi connectivity index (χ1n) is 8.89. The fourth-order valence-electron chi connectivity index (χ4n) is 2.70. The molecule has 2 aromatic carbocycles. The Bertz CT molecular complexity index is 960. The van der Waals surface area contributed by atoms with Gasteiger partial charge in [-0.2, -0.15) is 0 Å². The lowest BCUT2D eigenvalue weighted by atomic mass is 10.0. The van der Waals surface area contributed by atoms with Gasteiger partial charge in [0.1, 0.15) is 0 Å². The van der Waals surface area contributed by atoms with E-state index in [2.05, 4.69) is 10.9 Å². The van der Waals surface area contributed by atoms with Crippen molar-refractivity contribution < 1.29 is 14.1 Å². The number of benzene rings is 2. The Kier molecular flexibility index (Phi) is 5.06. The number of hydrogen-bond donors (Lipinski definition) is 0. The van der Waals surface area contributed by atoms with Crippen LogP contribution in [0, 0.1) is 0 Å². The summed E-state index contributed by atoms with van der Waals surface area (Å²) in [6.45, 7) is 0. The minimum atomic E-state index is -0.0298. The van der Waals surface area contributed by atoms with Gasteiger partial charge in [-0.1, -0.05) is 72.0 Å². The standard InChI is InChI=1S/C23H18N4O/c28-23(19-7-11-21(12-8-19)24-26-15-3-1-4-16-26)20-9-13-22(14-10-20)25-27-17-5-2-6-18-27/h1-18H. The predicted molar refractivity (Wildman–Crippen MR) is 106 cm³/mol. The van der Waals surface area contributed by atoms with Crippen LogP contribution in [0.3, 0.4) is 0 Å². The molecule has 2 aromatic heterocycles. The molecular formula is C23H18N4O. The molecule has 2 heterocycles. The first-order valence-corrected chi connectivity index (χ1v) is 8.89. The molecular weight excluding hydrogens is 348 g/mol. The maximum atomic E-state index is 12.7. The van der Waals surface area contributed by atoms with E-state index in [4.69, 9.17) is 0 Å². The van der Waals surface area contributed by atoms with Crippen LogP contribution in [-0.4, -0.2) is 5.78 Å². The Morgan fingerprint density at radius 2 is 0.893 bits per heavy atom. The van der Waals surface area contributed by atoms with E-state index >= 15 is 0 Å². The number of nitrogens with zero attached hydrogens (tertiary/aromatic N) is 4. The Labute approximate surface area is 163 Å². The van der Waals surface area contributed by atoms with Gasteiger partial charge >= 0.3 is 0 Å². The topological polar surface area (TPSA) is 53.0 Å². The summed E-state index contributed by atoms with van der Waals surface area (Å²) in [7, 11) is 0. The summed E-state index contributed by atoms with van der Waals surface area (Å²) in [6.07, 6.45) is 7.44. The Hall–Kier alpha value is -3.99. The van der Waals surface area contributed by atoms with E-state index in [-0.39, 0.29) is 5.78 Å². The van der Waals surface area contributed by atoms with Gasteiger partial charge in [-0.3, -0.25) is 4.79 Å². The molecule has 0 saturated carbocycles. The molecule has 136 valence electrons. The van der Waals surface area contributed by atoms with Gasteiger partial charge in [0.15, 0.2) is 30.6 Å². The number of rotatable bonds is 6. The molecule has 0 spiro atoms. The van der Waals surface area contributed by atoms with Gasteiger partial charge in [0.2, 0.25) is 0 Å². The van der Waals surface area contributed by atoms with Crippen molar-refractivity contribution in [3.63, 3.8) is 0 Å². The SMILES string of the molecule is O=C(c1ccc([N-][n+]2ccccc2)cc1)c1ccc([N-][n+]2ccccc2)cc1. The number of hydrogen-bond acceptors (Lipinski definition) is 1. The average molecular weight is 366 g/mol. The Morgan fingerprint density at radius 3 is 1.25 bits per heavy atom. The minimum Gasteiger partial charge on any atom is -0.405 e. The first kappa shape index (κ1) is 17.4. The monoisotopic (exact) mass is 366 g/mol. The Balaban J connectivity index is 1.44. The van der Waals surface area contributed by atoms with Crippen molar-refractivity contribution in [3.8, 4) is 0 Å². The van der Waals surface area contributed by atoms with Crippen molar-refractivity contribution in [3.05, 3.63) is 132 Å². The van der Waals surface area contributed by atoms with Crippen LogP contribution in [0.15, 0.2) is 110 Å². The molecule has 0 unspecified atom stereocenters. The Morgan fingerprint density at radius 1 is 0.536 bits per heavy atom. The molecule has 0 aliphatic carbocycles. The summed E-state index contributed by atoms with van der Waals surface area (Å²) in [5.74, 6) is -0.0298. The quantitative estimate of drug-likeness (QED) is 0.368. The van der Waals surface area contributed by atoms with Gasteiger partial charge in [0.25, 0.3) is 0 Å². The third-order valence-corrected chi connectivity index (χ3v) is 4.12. The predicted octanol–water partition coefficient (Wildman–Crippen LogP) is 4.43. The lowest BCUT2D eigenvalue weighted by Gasteiger charge is -2.15. The van der Waals surface area contributed by atoms with Gasteiger partial charge in [-0.05, 0) is 0 Å². The maximum absolute atomic E-state index is 12.7. The lowest BCUT2D eigenvalue weighted by molar-refractivity contribution is -0.619. The molecule has 0 amide bonds. The van der Waals surface area contributed by atoms with Gasteiger partial charge in [0, 0.05) is 35.4 Å². The van der Waals surface area contributed by atoms with Crippen LogP contribution >= 0.6 is 0 Å². The van der Waals surface area contributed by atoms with E-state index < -0.39 is 0 Å². The zero-order valence-electron chi connectivity index (χ0n) is 15.1. The van der Waals surface area contributed by atoms with Gasteiger partial charge in [-0.25, -0.2) is 9.35 Å². The van der Waals surface area contributed by atoms with Crippen molar-refractivity contribution in [2.45, 2.75) is 0 Å². The molecule has 0 fully saturated rings. The minimum absolute atomic E-state index is 0.0298. The van der Waals surface area contributed by atoms with E-state index in [0.29, 0.717) is 11.1 Å². The second-order valence-electron chi connectivity index (χ2n) is 6.13. The summed E-state index contributed by atoms with van der Waals surface area (Å²) >= 11 is 0. The summed E-state index contributed by atoms with van der Waals surface area (Å²) < 4.78 is 3.45. The molecule has 0 aliphatic heterocycles. The van der Waals surface area contributed by atoms with Crippen molar-refractivity contribution >= 4 is 17.2 Å². The van der Waals surface area contributed by atoms with Crippen molar-refractivity contribution in [1.82, 2.24) is 0 Å². The summed E-state index contributed by atoms with van der Waals surface area (Å²) in [5, 5.41) is 0. The van der Waals surface area contributed by atoms with E-state index in [9.17, 15) is 4.79 Å². The number of aromatic nitrogens is 2. The summed E-state index contributed by atoms with van der Waals surface area (Å²) in [6, 6.07) is 26.0. The largest absolute Gasteiger partial charge is 0.405 e. The second-order valence-corrected chi connectivity index (χ2v) is 6.13. The molecule has 0 atom stereocenters. The van der Waals surface area contributed by atoms with Crippen LogP contribution in [-0.2, 0) is 0 Å². The van der Waals surface area contributed by atoms with Gasteiger partial charge in [0.05, 0.1) is 0 Å². The number of carbonyl (C=O) groups excluding carboxylic acids is 1. The fraction of sp³-hybridized carbons (Fsp3) is 0. The van der Waals surface area contributed by atoms with Crippen LogP contribution in [0.4, 0.5) is 11.4 Å². The lowest BCUT2D eigenvalue weighted by Crippen LogP contribution is -2.25. The van der Waals surface area contributed by atoms with Crippen molar-refractivity contribution in [2.24, 2.45) is 0 Å². The molecule has 4 rings (SSSR count). The highest BCUT2D eigenvalue weighted by Crippen LogP contribution is 2.20. The highest BCUT2D eigenvalue weighted by molar-refractivity contribution is 6.09. The molecule has 5 nitrogen and oxygen atoms in total. The summed E-state index contributed by atoms with van der Waals surface area (Å²) in [4.78, 5) is 12.7. The molecule has 5 heteroatoms. The number of ketones is 1. The van der Waals surface area contributed by atoms with Crippen LogP contribution < -0.4 is 9.35 Å². The maximum Gasteiger partial charge on any atom is 0.193 e. The zero-order chi connectivity index (χ0) is 19.2. The molecule has 28 heavy (non-hydrogen) atoms. The van der Waals surface area contributed by atoms with Crippen LogP contribution in [0.2, 0.25) is 0 Å².